The summed E-state index contributed by atoms with van der Waals surface area (Å²) in [7, 11) is 0. The molecule has 0 bridgehead atoms. The lowest BCUT2D eigenvalue weighted by Crippen LogP contribution is -2.22. The van der Waals surface area contributed by atoms with E-state index in [0.29, 0.717) is 39.2 Å². The molecule has 0 amide bonds. The number of carbonyl (C=O) groups is 1. The van der Waals surface area contributed by atoms with Crippen LogP contribution in [0, 0.1) is 11.8 Å². The molecule has 0 unspecified atom stereocenters. The number of unbranched alkanes of at least 4 members (excludes halogenated alkanes) is 10. The molecule has 0 fully saturated rings. The summed E-state index contributed by atoms with van der Waals surface area (Å²) in [5.74, 6) is 1.47. The zero-order chi connectivity index (χ0) is 27.4. The van der Waals surface area contributed by atoms with Crippen LogP contribution in [0.2, 0.25) is 0 Å². The lowest BCUT2D eigenvalue weighted by atomic mass is 10.0. The van der Waals surface area contributed by atoms with Gasteiger partial charge in [0.2, 0.25) is 0 Å². The third-order valence-corrected chi connectivity index (χ3v) is 6.60. The van der Waals surface area contributed by atoms with Crippen LogP contribution in [-0.4, -0.2) is 56.9 Å². The number of ether oxygens (including phenoxy) is 3. The Balaban J connectivity index is 4.04. The van der Waals surface area contributed by atoms with Crippen molar-refractivity contribution >= 4 is 5.97 Å². The van der Waals surface area contributed by atoms with Crippen LogP contribution >= 0.6 is 0 Å². The summed E-state index contributed by atoms with van der Waals surface area (Å²) in [5, 5.41) is 11.9. The van der Waals surface area contributed by atoms with E-state index in [4.69, 9.17) is 19.3 Å². The molecular weight excluding hydrogens is 466 g/mol. The van der Waals surface area contributed by atoms with Gasteiger partial charge in [-0.2, -0.15) is 0 Å². The third kappa shape index (κ3) is 29.7. The van der Waals surface area contributed by atoms with Crippen molar-refractivity contribution in [3.05, 3.63) is 0 Å². The molecule has 0 spiro atoms. The Kier molecular flexibility index (Phi) is 27.8. The summed E-state index contributed by atoms with van der Waals surface area (Å²) in [6.07, 6.45) is 18.6. The SMILES string of the molecule is CC(C)CCCCCCCOC(CCOC(=O)CCCCCNCCO)OCCCCCCCC(C)C. The molecule has 0 radical (unpaired) electrons. The fourth-order valence-corrected chi connectivity index (χ4v) is 4.26. The van der Waals surface area contributed by atoms with E-state index < -0.39 is 0 Å². The van der Waals surface area contributed by atoms with Gasteiger partial charge in [-0.15, -0.1) is 0 Å². The Morgan fingerprint density at radius 3 is 1.68 bits per heavy atom. The van der Waals surface area contributed by atoms with Crippen LogP contribution in [0.5, 0.6) is 0 Å². The van der Waals surface area contributed by atoms with E-state index in [-0.39, 0.29) is 18.9 Å². The van der Waals surface area contributed by atoms with E-state index in [2.05, 4.69) is 33.0 Å². The summed E-state index contributed by atoms with van der Waals surface area (Å²) in [4.78, 5) is 12.1. The normalized spacial score (nSPS) is 11.8. The van der Waals surface area contributed by atoms with Crippen molar-refractivity contribution in [2.75, 3.05) is 39.5 Å². The topological polar surface area (TPSA) is 77.0 Å². The van der Waals surface area contributed by atoms with Gasteiger partial charge in [-0.3, -0.25) is 4.79 Å². The lowest BCUT2D eigenvalue weighted by Gasteiger charge is -2.19. The number of aliphatic hydroxyl groups excluding tert-OH is 1. The van der Waals surface area contributed by atoms with Gasteiger partial charge in [0.25, 0.3) is 0 Å². The third-order valence-electron chi connectivity index (χ3n) is 6.60. The molecule has 0 aliphatic heterocycles. The van der Waals surface area contributed by atoms with E-state index in [1.165, 1.54) is 64.2 Å². The summed E-state index contributed by atoms with van der Waals surface area (Å²) in [6, 6.07) is 0. The van der Waals surface area contributed by atoms with Crippen LogP contribution in [0.3, 0.4) is 0 Å². The smallest absolute Gasteiger partial charge is 0.305 e. The molecule has 0 saturated heterocycles. The molecule has 6 heteroatoms. The predicted molar refractivity (Wildman–Crippen MR) is 155 cm³/mol. The first-order valence-corrected chi connectivity index (χ1v) is 15.7. The zero-order valence-electron chi connectivity index (χ0n) is 25.1. The molecule has 0 aromatic carbocycles. The molecule has 0 saturated carbocycles. The largest absolute Gasteiger partial charge is 0.465 e. The minimum absolute atomic E-state index is 0.134. The van der Waals surface area contributed by atoms with Gasteiger partial charge in [0, 0.05) is 32.6 Å². The van der Waals surface area contributed by atoms with Crippen molar-refractivity contribution in [2.45, 2.75) is 143 Å². The average molecular weight is 530 g/mol. The maximum absolute atomic E-state index is 12.1. The van der Waals surface area contributed by atoms with Crippen molar-refractivity contribution in [2.24, 2.45) is 11.8 Å². The molecule has 0 rings (SSSR count). The van der Waals surface area contributed by atoms with Gasteiger partial charge < -0.3 is 24.6 Å². The highest BCUT2D eigenvalue weighted by molar-refractivity contribution is 5.69. The van der Waals surface area contributed by atoms with E-state index in [1.807, 2.05) is 0 Å². The van der Waals surface area contributed by atoms with Gasteiger partial charge in [-0.1, -0.05) is 98.3 Å². The van der Waals surface area contributed by atoms with Crippen LogP contribution in [0.4, 0.5) is 0 Å². The maximum atomic E-state index is 12.1. The Hall–Kier alpha value is -0.690. The van der Waals surface area contributed by atoms with Crippen molar-refractivity contribution in [3.8, 4) is 0 Å². The van der Waals surface area contributed by atoms with Gasteiger partial charge in [0.15, 0.2) is 6.29 Å². The Labute approximate surface area is 230 Å². The lowest BCUT2D eigenvalue weighted by molar-refractivity contribution is -0.161. The number of carbonyl (C=O) groups excluding carboxylic acids is 1. The van der Waals surface area contributed by atoms with Crippen LogP contribution in [0.25, 0.3) is 0 Å². The van der Waals surface area contributed by atoms with Crippen LogP contribution < -0.4 is 5.32 Å². The van der Waals surface area contributed by atoms with Crippen molar-refractivity contribution in [1.82, 2.24) is 5.32 Å². The summed E-state index contributed by atoms with van der Waals surface area (Å²) < 4.78 is 17.5. The molecule has 0 aliphatic carbocycles. The molecule has 37 heavy (non-hydrogen) atoms. The van der Waals surface area contributed by atoms with Crippen molar-refractivity contribution in [1.29, 1.82) is 0 Å². The molecule has 2 N–H and O–H groups in total. The number of nitrogens with one attached hydrogen (secondary N) is 1. The second-order valence-electron chi connectivity index (χ2n) is 11.4. The van der Waals surface area contributed by atoms with Crippen LogP contribution in [0.1, 0.15) is 137 Å². The first-order chi connectivity index (χ1) is 18.0. The molecule has 0 aromatic rings. The van der Waals surface area contributed by atoms with Crippen LogP contribution in [0.15, 0.2) is 0 Å². The molecule has 0 aliphatic rings. The van der Waals surface area contributed by atoms with Crippen molar-refractivity contribution in [3.63, 3.8) is 0 Å². The second kappa shape index (κ2) is 28.3. The van der Waals surface area contributed by atoms with Gasteiger partial charge in [0.1, 0.15) is 0 Å². The predicted octanol–water partition coefficient (Wildman–Crippen LogP) is 7.41. The number of esters is 1. The van der Waals surface area contributed by atoms with Gasteiger partial charge in [-0.05, 0) is 44.1 Å². The quantitative estimate of drug-likeness (QED) is 0.0596. The molecule has 0 aromatic heterocycles. The Bertz CT molecular complexity index is 449. The Morgan fingerprint density at radius 2 is 1.14 bits per heavy atom. The minimum atomic E-state index is -0.285. The van der Waals surface area contributed by atoms with E-state index in [0.717, 1.165) is 50.5 Å². The monoisotopic (exact) mass is 529 g/mol. The van der Waals surface area contributed by atoms with E-state index in [1.54, 1.807) is 0 Å². The van der Waals surface area contributed by atoms with Gasteiger partial charge in [0.05, 0.1) is 13.2 Å². The number of hydrogen-bond acceptors (Lipinski definition) is 6. The standard InChI is InChI=1S/C31H63NO5/c1-28(2)18-12-7-5-9-16-25-36-31(37-26-17-10-6-8-13-19-29(3)4)21-27-35-30(34)20-14-11-15-22-32-23-24-33/h28-29,31-33H,5-27H2,1-4H3. The molecule has 0 heterocycles. The zero-order valence-corrected chi connectivity index (χ0v) is 25.1. The second-order valence-corrected chi connectivity index (χ2v) is 11.4. The molecular formula is C31H63NO5. The van der Waals surface area contributed by atoms with Crippen LogP contribution in [-0.2, 0) is 19.0 Å². The van der Waals surface area contributed by atoms with Gasteiger partial charge in [-0.25, -0.2) is 0 Å². The molecule has 222 valence electrons. The minimum Gasteiger partial charge on any atom is -0.465 e. The van der Waals surface area contributed by atoms with E-state index in [9.17, 15) is 4.79 Å². The number of aliphatic hydroxyl groups is 1. The number of rotatable bonds is 29. The summed E-state index contributed by atoms with van der Waals surface area (Å²) in [6.45, 7) is 12.6. The highest BCUT2D eigenvalue weighted by atomic mass is 16.7. The summed E-state index contributed by atoms with van der Waals surface area (Å²) in [5.41, 5.74) is 0. The van der Waals surface area contributed by atoms with E-state index >= 15 is 0 Å². The number of hydrogen-bond donors (Lipinski definition) is 2. The highest BCUT2D eigenvalue weighted by Crippen LogP contribution is 2.13. The average Bonchev–Trinajstić information content (AvgIpc) is 2.85. The maximum Gasteiger partial charge on any atom is 0.305 e. The van der Waals surface area contributed by atoms with Gasteiger partial charge >= 0.3 is 5.97 Å². The van der Waals surface area contributed by atoms with Crippen molar-refractivity contribution < 1.29 is 24.1 Å². The fourth-order valence-electron chi connectivity index (χ4n) is 4.26. The Morgan fingerprint density at radius 1 is 0.622 bits per heavy atom. The molecule has 6 nitrogen and oxygen atoms in total. The first kappa shape index (κ1) is 36.3. The highest BCUT2D eigenvalue weighted by Gasteiger charge is 2.12. The first-order valence-electron chi connectivity index (χ1n) is 15.7. The fraction of sp³-hybridized carbons (Fsp3) is 0.968. The summed E-state index contributed by atoms with van der Waals surface area (Å²) >= 11 is 0. The molecule has 0 atom stereocenters.